The van der Waals surface area contributed by atoms with Crippen molar-refractivity contribution in [2.24, 2.45) is 5.92 Å². The van der Waals surface area contributed by atoms with Gasteiger partial charge in [0.25, 0.3) is 0 Å². The molecule has 1 aromatic carbocycles. The minimum absolute atomic E-state index is 0.0804. The first-order valence-corrected chi connectivity index (χ1v) is 9.91. The van der Waals surface area contributed by atoms with Crippen LogP contribution in [-0.4, -0.2) is 57.9 Å². The molecule has 2 aromatic heterocycles. The number of thiazole rings is 1. The maximum Gasteiger partial charge on any atom is 0.308 e. The predicted octanol–water partition coefficient (Wildman–Crippen LogP) is 2.48. The van der Waals surface area contributed by atoms with Crippen LogP contribution in [0.3, 0.4) is 0 Å². The van der Waals surface area contributed by atoms with E-state index in [0.29, 0.717) is 30.9 Å². The van der Waals surface area contributed by atoms with Crippen molar-refractivity contribution in [3.63, 3.8) is 0 Å². The Bertz CT molecular complexity index is 977. The number of likely N-dealkylation sites (tertiary alicyclic amines) is 1. The molecule has 9 heteroatoms. The van der Waals surface area contributed by atoms with Gasteiger partial charge in [0, 0.05) is 0 Å². The zero-order valence-electron chi connectivity index (χ0n) is 15.7. The smallest absolute Gasteiger partial charge is 0.308 e. The van der Waals surface area contributed by atoms with Gasteiger partial charge in [-0.05, 0) is 43.6 Å². The van der Waals surface area contributed by atoms with Crippen molar-refractivity contribution >= 4 is 22.3 Å². The number of piperidine rings is 1. The third-order valence-electron chi connectivity index (χ3n) is 5.23. The van der Waals surface area contributed by atoms with Gasteiger partial charge in [0.05, 0.1) is 31.1 Å². The fraction of sp³-hybridized carbons (Fsp3) is 0.421. The van der Waals surface area contributed by atoms with Crippen LogP contribution in [0.5, 0.6) is 11.6 Å². The second kappa shape index (κ2) is 7.76. The molecule has 3 heterocycles. The molecule has 0 spiro atoms. The molecule has 0 saturated carbocycles. The van der Waals surface area contributed by atoms with Crippen LogP contribution in [0.4, 0.5) is 0 Å². The highest BCUT2D eigenvalue weighted by molar-refractivity contribution is 7.17. The van der Waals surface area contributed by atoms with Crippen LogP contribution in [0.25, 0.3) is 4.96 Å². The second-order valence-electron chi connectivity index (χ2n) is 6.76. The second-order valence-corrected chi connectivity index (χ2v) is 7.77. The molecular formula is C19H22N4O4S. The Morgan fingerprint density at radius 2 is 2.11 bits per heavy atom. The van der Waals surface area contributed by atoms with E-state index >= 15 is 0 Å². The van der Waals surface area contributed by atoms with Gasteiger partial charge in [0.2, 0.25) is 10.8 Å². The van der Waals surface area contributed by atoms with Gasteiger partial charge in [0.15, 0.2) is 0 Å². The van der Waals surface area contributed by atoms with E-state index in [1.165, 1.54) is 29.3 Å². The fourth-order valence-electron chi connectivity index (χ4n) is 3.77. The van der Waals surface area contributed by atoms with Crippen molar-refractivity contribution in [2.75, 3.05) is 27.3 Å². The Morgan fingerprint density at radius 1 is 1.32 bits per heavy atom. The van der Waals surface area contributed by atoms with Crippen molar-refractivity contribution in [1.29, 1.82) is 0 Å². The van der Waals surface area contributed by atoms with Gasteiger partial charge in [-0.1, -0.05) is 23.5 Å². The van der Waals surface area contributed by atoms with Gasteiger partial charge in [0.1, 0.15) is 12.1 Å². The highest BCUT2D eigenvalue weighted by Crippen LogP contribution is 2.41. The summed E-state index contributed by atoms with van der Waals surface area (Å²) in [7, 11) is 3.07. The van der Waals surface area contributed by atoms with Crippen LogP contribution < -0.4 is 4.74 Å². The summed E-state index contributed by atoms with van der Waals surface area (Å²) in [6.45, 7) is 1.43. The Hall–Kier alpha value is -2.65. The summed E-state index contributed by atoms with van der Waals surface area (Å²) >= 11 is 1.42. The third kappa shape index (κ3) is 3.31. The summed E-state index contributed by atoms with van der Waals surface area (Å²) in [5, 5.41) is 14.9. The molecule has 3 aromatic rings. The number of benzene rings is 1. The minimum Gasteiger partial charge on any atom is -0.497 e. The van der Waals surface area contributed by atoms with Crippen LogP contribution in [0, 0.1) is 5.92 Å². The molecule has 1 fully saturated rings. The van der Waals surface area contributed by atoms with Crippen molar-refractivity contribution in [3.8, 4) is 11.6 Å². The fourth-order valence-corrected chi connectivity index (χ4v) is 4.86. The first kappa shape index (κ1) is 18.7. The molecular weight excluding hydrogens is 380 g/mol. The molecule has 1 aliphatic heterocycles. The van der Waals surface area contributed by atoms with Gasteiger partial charge < -0.3 is 14.6 Å². The molecule has 1 N–H and O–H groups in total. The van der Waals surface area contributed by atoms with Crippen LogP contribution in [0.15, 0.2) is 30.6 Å². The number of aromatic hydroxyl groups is 1. The number of ether oxygens (including phenoxy) is 2. The normalized spacial score (nSPS) is 16.9. The Labute approximate surface area is 166 Å². The van der Waals surface area contributed by atoms with Gasteiger partial charge in [-0.3, -0.25) is 9.69 Å². The van der Waals surface area contributed by atoms with Gasteiger partial charge in [-0.25, -0.2) is 4.98 Å². The number of hydrogen-bond acceptors (Lipinski definition) is 8. The molecule has 28 heavy (non-hydrogen) atoms. The van der Waals surface area contributed by atoms with E-state index in [9.17, 15) is 9.90 Å². The molecule has 1 atom stereocenters. The monoisotopic (exact) mass is 402 g/mol. The molecule has 0 aliphatic carbocycles. The van der Waals surface area contributed by atoms with Crippen LogP contribution in [0.2, 0.25) is 0 Å². The molecule has 0 amide bonds. The summed E-state index contributed by atoms with van der Waals surface area (Å²) < 4.78 is 11.8. The van der Waals surface area contributed by atoms with Crippen molar-refractivity contribution in [1.82, 2.24) is 19.5 Å². The number of carbonyl (C=O) groups is 1. The maximum absolute atomic E-state index is 11.9. The van der Waals surface area contributed by atoms with Crippen LogP contribution in [0.1, 0.15) is 29.3 Å². The first-order valence-electron chi connectivity index (χ1n) is 9.09. The average molecular weight is 402 g/mol. The highest BCUT2D eigenvalue weighted by atomic mass is 32.1. The minimum atomic E-state index is -0.179. The van der Waals surface area contributed by atoms with Gasteiger partial charge in [-0.15, -0.1) is 0 Å². The Balaban J connectivity index is 1.71. The topological polar surface area (TPSA) is 89.2 Å². The lowest BCUT2D eigenvalue weighted by Gasteiger charge is -2.36. The lowest BCUT2D eigenvalue weighted by atomic mass is 9.93. The summed E-state index contributed by atoms with van der Waals surface area (Å²) in [5.74, 6) is 0.619. The Kier molecular flexibility index (Phi) is 5.19. The standard InChI is InChI=1S/C19H22N4O4S/c1-26-14-5-3-4-13(10-14)15(16-17(24)23-19(28-16)20-11-21-23)22-8-6-12(7-9-22)18(25)27-2/h3-5,10-12,15,24H,6-9H2,1-2H3. The van der Waals surface area contributed by atoms with Crippen LogP contribution in [-0.2, 0) is 9.53 Å². The van der Waals surface area contributed by atoms with Crippen molar-refractivity contribution < 1.29 is 19.4 Å². The summed E-state index contributed by atoms with van der Waals surface area (Å²) in [4.78, 5) is 19.8. The number of nitrogens with zero attached hydrogens (tertiary/aromatic N) is 4. The zero-order chi connectivity index (χ0) is 19.7. The third-order valence-corrected chi connectivity index (χ3v) is 6.31. The number of carbonyl (C=O) groups excluding carboxylic acids is 1. The van der Waals surface area contributed by atoms with E-state index < -0.39 is 0 Å². The quantitative estimate of drug-likeness (QED) is 0.656. The van der Waals surface area contributed by atoms with E-state index in [0.717, 1.165) is 16.2 Å². The lowest BCUT2D eigenvalue weighted by molar-refractivity contribution is -0.147. The molecule has 4 rings (SSSR count). The highest BCUT2D eigenvalue weighted by Gasteiger charge is 2.34. The molecule has 0 radical (unpaired) electrons. The molecule has 148 valence electrons. The number of aromatic nitrogens is 3. The SMILES string of the molecule is COC(=O)C1CCN(C(c2cccc(OC)c2)c2sc3ncnn3c2O)CC1. The molecule has 1 unspecified atom stereocenters. The van der Waals surface area contributed by atoms with E-state index in [4.69, 9.17) is 9.47 Å². The lowest BCUT2D eigenvalue weighted by Crippen LogP contribution is -2.39. The van der Waals surface area contributed by atoms with Crippen LogP contribution >= 0.6 is 11.3 Å². The number of methoxy groups -OCH3 is 2. The van der Waals surface area contributed by atoms with Gasteiger partial charge >= 0.3 is 5.97 Å². The molecule has 0 bridgehead atoms. The number of esters is 1. The van der Waals surface area contributed by atoms with Crippen molar-refractivity contribution in [3.05, 3.63) is 41.0 Å². The molecule has 1 aliphatic rings. The zero-order valence-corrected chi connectivity index (χ0v) is 16.6. The maximum atomic E-state index is 11.9. The Morgan fingerprint density at radius 3 is 2.79 bits per heavy atom. The molecule has 8 nitrogen and oxygen atoms in total. The van der Waals surface area contributed by atoms with E-state index in [1.807, 2.05) is 24.3 Å². The summed E-state index contributed by atoms with van der Waals surface area (Å²) in [6, 6.07) is 7.66. The number of fused-ring (bicyclic) bond motifs is 1. The average Bonchev–Trinajstić information content (AvgIpc) is 3.32. The van der Waals surface area contributed by atoms with E-state index in [-0.39, 0.29) is 23.8 Å². The summed E-state index contributed by atoms with van der Waals surface area (Å²) in [5.41, 5.74) is 1.01. The molecule has 1 saturated heterocycles. The first-order chi connectivity index (χ1) is 13.6. The summed E-state index contributed by atoms with van der Waals surface area (Å²) in [6.07, 6.45) is 2.86. The van der Waals surface area contributed by atoms with Crippen molar-refractivity contribution in [2.45, 2.75) is 18.9 Å². The number of hydrogen-bond donors (Lipinski definition) is 1. The van der Waals surface area contributed by atoms with Gasteiger partial charge in [-0.2, -0.15) is 9.61 Å². The predicted molar refractivity (Wildman–Crippen MR) is 104 cm³/mol. The van der Waals surface area contributed by atoms with E-state index in [2.05, 4.69) is 15.0 Å². The largest absolute Gasteiger partial charge is 0.497 e. The van der Waals surface area contributed by atoms with E-state index in [1.54, 1.807) is 7.11 Å². The number of rotatable bonds is 5.